The zero-order valence-electron chi connectivity index (χ0n) is 19.7. The fourth-order valence-electron chi connectivity index (χ4n) is 4.63. The monoisotopic (exact) mass is 437 g/mol. The molecule has 0 aromatic heterocycles. The highest BCUT2D eigenvalue weighted by Crippen LogP contribution is 2.28. The van der Waals surface area contributed by atoms with Crippen molar-refractivity contribution in [1.82, 2.24) is 14.5 Å². The van der Waals surface area contributed by atoms with Gasteiger partial charge in [-0.25, -0.2) is 8.42 Å². The second-order valence-electron chi connectivity index (χ2n) is 9.12. The number of piperidine rings is 1. The Bertz CT molecular complexity index is 810. The van der Waals surface area contributed by atoms with Gasteiger partial charge in [0.25, 0.3) is 0 Å². The summed E-state index contributed by atoms with van der Waals surface area (Å²) in [6.07, 6.45) is 1.13. The van der Waals surface area contributed by atoms with Crippen LogP contribution in [-0.4, -0.2) is 61.8 Å². The third-order valence-electron chi connectivity index (χ3n) is 6.02. The van der Waals surface area contributed by atoms with Crippen molar-refractivity contribution in [2.45, 2.75) is 78.3 Å². The normalized spacial score (nSPS) is 16.6. The van der Waals surface area contributed by atoms with Gasteiger partial charge in [-0.2, -0.15) is 4.31 Å². The molecule has 0 aliphatic carbocycles. The molecule has 0 spiro atoms. The summed E-state index contributed by atoms with van der Waals surface area (Å²) in [5.41, 5.74) is 2.63. The fraction of sp³-hybridized carbons (Fsp3) is 0.696. The first-order chi connectivity index (χ1) is 13.9. The molecule has 0 bridgehead atoms. The van der Waals surface area contributed by atoms with Crippen LogP contribution in [0, 0.1) is 26.7 Å². The van der Waals surface area contributed by atoms with Gasteiger partial charge >= 0.3 is 0 Å². The van der Waals surface area contributed by atoms with Crippen LogP contribution >= 0.6 is 0 Å². The highest BCUT2D eigenvalue weighted by molar-refractivity contribution is 7.89. The second-order valence-corrected chi connectivity index (χ2v) is 11.0. The van der Waals surface area contributed by atoms with E-state index in [2.05, 4.69) is 37.9 Å². The third-order valence-corrected chi connectivity index (χ3v) is 8.23. The average Bonchev–Trinajstić information content (AvgIpc) is 2.63. The van der Waals surface area contributed by atoms with Gasteiger partial charge in [0.2, 0.25) is 15.9 Å². The van der Waals surface area contributed by atoms with Gasteiger partial charge in [-0.15, -0.1) is 0 Å². The Kier molecular flexibility index (Phi) is 8.48. The molecule has 0 atom stereocenters. The number of aryl methyl sites for hydroxylation is 3. The molecule has 0 radical (unpaired) electrons. The van der Waals surface area contributed by atoms with Gasteiger partial charge < -0.3 is 5.32 Å². The van der Waals surface area contributed by atoms with Crippen LogP contribution in [0.5, 0.6) is 0 Å². The summed E-state index contributed by atoms with van der Waals surface area (Å²) < 4.78 is 28.0. The summed E-state index contributed by atoms with van der Waals surface area (Å²) in [5.74, 6) is -0.0783. The maximum Gasteiger partial charge on any atom is 0.243 e. The predicted octanol–water partition coefficient (Wildman–Crippen LogP) is 3.25. The van der Waals surface area contributed by atoms with Crippen LogP contribution in [0.3, 0.4) is 0 Å². The number of nitrogens with one attached hydrogen (secondary N) is 1. The molecule has 170 valence electrons. The first-order valence-corrected chi connectivity index (χ1v) is 12.5. The van der Waals surface area contributed by atoms with Crippen LogP contribution < -0.4 is 5.32 Å². The molecule has 1 fully saturated rings. The molecule has 0 unspecified atom stereocenters. The average molecular weight is 438 g/mol. The van der Waals surface area contributed by atoms with E-state index in [9.17, 15) is 13.2 Å². The lowest BCUT2D eigenvalue weighted by Crippen LogP contribution is -2.46. The van der Waals surface area contributed by atoms with Crippen molar-refractivity contribution in [2.75, 3.05) is 26.2 Å². The van der Waals surface area contributed by atoms with Gasteiger partial charge in [0, 0.05) is 44.2 Å². The van der Waals surface area contributed by atoms with E-state index in [0.29, 0.717) is 49.5 Å². The summed E-state index contributed by atoms with van der Waals surface area (Å²) in [4.78, 5) is 15.4. The van der Waals surface area contributed by atoms with Crippen LogP contribution in [0.4, 0.5) is 0 Å². The van der Waals surface area contributed by atoms with Crippen molar-refractivity contribution in [2.24, 2.45) is 5.92 Å². The number of hydrogen-bond donors (Lipinski definition) is 1. The van der Waals surface area contributed by atoms with Gasteiger partial charge in [0.15, 0.2) is 0 Å². The van der Waals surface area contributed by atoms with E-state index < -0.39 is 10.0 Å². The molecule has 1 N–H and O–H groups in total. The van der Waals surface area contributed by atoms with Crippen LogP contribution in [0.25, 0.3) is 0 Å². The number of carbonyl (C=O) groups is 1. The fourth-order valence-corrected chi connectivity index (χ4v) is 6.51. The summed E-state index contributed by atoms with van der Waals surface area (Å²) in [7, 11) is -3.54. The minimum Gasteiger partial charge on any atom is -0.355 e. The summed E-state index contributed by atoms with van der Waals surface area (Å²) in [5, 5.41) is 3.05. The van der Waals surface area contributed by atoms with Crippen molar-refractivity contribution < 1.29 is 13.2 Å². The molecule has 1 aromatic rings. The van der Waals surface area contributed by atoms with Crippen molar-refractivity contribution in [1.29, 1.82) is 0 Å². The minimum absolute atomic E-state index is 0.0437. The molecular weight excluding hydrogens is 398 g/mol. The molecule has 1 saturated heterocycles. The Balaban J connectivity index is 1.94. The van der Waals surface area contributed by atoms with Crippen LogP contribution in [-0.2, 0) is 14.8 Å². The number of nitrogens with zero attached hydrogens (tertiary/aromatic N) is 2. The molecule has 1 aliphatic heterocycles. The first kappa shape index (κ1) is 24.8. The molecule has 1 amide bonds. The van der Waals surface area contributed by atoms with Crippen molar-refractivity contribution in [3.8, 4) is 0 Å². The van der Waals surface area contributed by atoms with Gasteiger partial charge in [-0.3, -0.25) is 9.69 Å². The maximum absolute atomic E-state index is 13.2. The van der Waals surface area contributed by atoms with E-state index in [1.54, 1.807) is 4.31 Å². The number of hydrogen-bond acceptors (Lipinski definition) is 4. The van der Waals surface area contributed by atoms with Crippen LogP contribution in [0.15, 0.2) is 17.0 Å². The first-order valence-electron chi connectivity index (χ1n) is 11.1. The van der Waals surface area contributed by atoms with Gasteiger partial charge in [-0.05, 0) is 72.4 Å². The van der Waals surface area contributed by atoms with Gasteiger partial charge in [0.1, 0.15) is 0 Å². The number of sulfonamides is 1. The molecule has 1 aliphatic rings. The SMILES string of the molecule is Cc1cc(C)c(S(=O)(=O)N2CCC(C(=O)NCCN(C(C)C)C(C)C)CC2)c(C)c1. The van der Waals surface area contributed by atoms with Crippen molar-refractivity contribution in [3.63, 3.8) is 0 Å². The molecule has 30 heavy (non-hydrogen) atoms. The maximum atomic E-state index is 13.2. The van der Waals surface area contributed by atoms with Crippen molar-refractivity contribution in [3.05, 3.63) is 28.8 Å². The molecule has 1 aromatic carbocycles. The van der Waals surface area contributed by atoms with Gasteiger partial charge in [0.05, 0.1) is 4.90 Å². The lowest BCUT2D eigenvalue weighted by atomic mass is 9.97. The molecule has 0 saturated carbocycles. The molecule has 6 nitrogen and oxygen atoms in total. The molecule has 1 heterocycles. The Labute approximate surface area is 183 Å². The van der Waals surface area contributed by atoms with Crippen LogP contribution in [0.1, 0.15) is 57.2 Å². The van der Waals surface area contributed by atoms with Crippen LogP contribution in [0.2, 0.25) is 0 Å². The third kappa shape index (κ3) is 5.83. The molecule has 2 rings (SSSR count). The predicted molar refractivity (Wildman–Crippen MR) is 122 cm³/mol. The van der Waals surface area contributed by atoms with Gasteiger partial charge in [-0.1, -0.05) is 17.7 Å². The van der Waals surface area contributed by atoms with E-state index in [4.69, 9.17) is 0 Å². The highest BCUT2D eigenvalue weighted by atomic mass is 32.2. The number of amides is 1. The smallest absolute Gasteiger partial charge is 0.243 e. The summed E-state index contributed by atoms with van der Waals surface area (Å²) in [6.45, 7) is 16.5. The summed E-state index contributed by atoms with van der Waals surface area (Å²) in [6, 6.07) is 4.70. The van der Waals surface area contributed by atoms with E-state index in [1.165, 1.54) is 0 Å². The Morgan fingerprint density at radius 3 is 2.03 bits per heavy atom. The quantitative estimate of drug-likeness (QED) is 0.678. The number of benzene rings is 1. The standard InChI is InChI=1S/C23H39N3O3S/c1-16(2)26(17(3)4)13-10-24-23(27)21-8-11-25(12-9-21)30(28,29)22-19(6)14-18(5)15-20(22)7/h14-17,21H,8-13H2,1-7H3,(H,24,27). The Morgan fingerprint density at radius 1 is 1.07 bits per heavy atom. The topological polar surface area (TPSA) is 69.7 Å². The highest BCUT2D eigenvalue weighted by Gasteiger charge is 2.33. The lowest BCUT2D eigenvalue weighted by molar-refractivity contribution is -0.126. The second kappa shape index (κ2) is 10.2. The van der Waals surface area contributed by atoms with E-state index >= 15 is 0 Å². The zero-order valence-corrected chi connectivity index (χ0v) is 20.5. The summed E-state index contributed by atoms with van der Waals surface area (Å²) >= 11 is 0. The molecular formula is C23H39N3O3S. The minimum atomic E-state index is -3.54. The van der Waals surface area contributed by atoms with E-state index in [-0.39, 0.29) is 11.8 Å². The number of rotatable bonds is 8. The zero-order chi connectivity index (χ0) is 22.6. The van der Waals surface area contributed by atoms with E-state index in [1.807, 2.05) is 32.9 Å². The molecule has 7 heteroatoms. The van der Waals surface area contributed by atoms with E-state index in [0.717, 1.165) is 23.2 Å². The largest absolute Gasteiger partial charge is 0.355 e. The Hall–Kier alpha value is -1.44. The number of carbonyl (C=O) groups excluding carboxylic acids is 1. The van der Waals surface area contributed by atoms with Crippen molar-refractivity contribution >= 4 is 15.9 Å². The lowest BCUT2D eigenvalue weighted by Gasteiger charge is -2.32. The Morgan fingerprint density at radius 2 is 1.57 bits per heavy atom.